The van der Waals surface area contributed by atoms with Crippen molar-refractivity contribution in [3.63, 3.8) is 0 Å². The smallest absolute Gasteiger partial charge is 0.336 e. The van der Waals surface area contributed by atoms with Gasteiger partial charge in [0.25, 0.3) is 0 Å². The lowest BCUT2D eigenvalue weighted by Gasteiger charge is -2.35. The topological polar surface area (TPSA) is 68.6 Å². The molecule has 25 heavy (non-hydrogen) atoms. The monoisotopic (exact) mass is 340 g/mol. The number of ketones is 1. The Morgan fingerprint density at radius 1 is 1.32 bits per heavy atom. The van der Waals surface area contributed by atoms with Gasteiger partial charge >= 0.3 is 5.97 Å². The summed E-state index contributed by atoms with van der Waals surface area (Å²) in [6, 6.07) is 3.76. The Bertz CT molecular complexity index is 722. The zero-order valence-electron chi connectivity index (χ0n) is 14.8. The molecule has 0 aromatic carbocycles. The second-order valence-corrected chi connectivity index (χ2v) is 6.65. The van der Waals surface area contributed by atoms with E-state index in [1.54, 1.807) is 12.4 Å². The molecule has 0 bridgehead atoms. The van der Waals surface area contributed by atoms with E-state index >= 15 is 0 Å². The van der Waals surface area contributed by atoms with Crippen molar-refractivity contribution in [2.45, 2.75) is 51.9 Å². The minimum Gasteiger partial charge on any atom is -0.462 e. The van der Waals surface area contributed by atoms with Crippen LogP contribution in [0.3, 0.4) is 0 Å². The van der Waals surface area contributed by atoms with Crippen molar-refractivity contribution in [2.75, 3.05) is 6.61 Å². The molecule has 5 heteroatoms. The molecule has 5 nitrogen and oxygen atoms in total. The molecule has 2 atom stereocenters. The van der Waals surface area contributed by atoms with Gasteiger partial charge in [0, 0.05) is 36.1 Å². The highest BCUT2D eigenvalue weighted by molar-refractivity contribution is 6.11. The number of hydrogen-bond donors (Lipinski definition) is 0. The Balaban J connectivity index is 2.02. The maximum Gasteiger partial charge on any atom is 0.336 e. The number of ether oxygens (including phenoxy) is 1. The number of rotatable bonds is 5. The highest BCUT2D eigenvalue weighted by Crippen LogP contribution is 2.42. The number of aliphatic imine (C=N–C) groups is 1. The largest absolute Gasteiger partial charge is 0.462 e. The summed E-state index contributed by atoms with van der Waals surface area (Å²) >= 11 is 0. The average molecular weight is 340 g/mol. The summed E-state index contributed by atoms with van der Waals surface area (Å²) in [6.45, 7) is 4.28. The summed E-state index contributed by atoms with van der Waals surface area (Å²) in [5.41, 5.74) is 2.94. The van der Waals surface area contributed by atoms with E-state index in [1.165, 1.54) is 0 Å². The van der Waals surface area contributed by atoms with Crippen LogP contribution in [0.4, 0.5) is 0 Å². The van der Waals surface area contributed by atoms with Crippen molar-refractivity contribution in [2.24, 2.45) is 10.9 Å². The van der Waals surface area contributed by atoms with Crippen molar-refractivity contribution in [1.29, 1.82) is 0 Å². The highest BCUT2D eigenvalue weighted by Gasteiger charge is 2.43. The summed E-state index contributed by atoms with van der Waals surface area (Å²) in [4.78, 5) is 34.2. The van der Waals surface area contributed by atoms with Gasteiger partial charge in [-0.25, -0.2) is 4.79 Å². The highest BCUT2D eigenvalue weighted by atomic mass is 16.5. The fourth-order valence-corrected chi connectivity index (χ4v) is 3.69. The fourth-order valence-electron chi connectivity index (χ4n) is 3.69. The Morgan fingerprint density at radius 3 is 2.88 bits per heavy atom. The number of hydrogen-bond acceptors (Lipinski definition) is 5. The number of nitrogens with zero attached hydrogens (tertiary/aromatic N) is 2. The third-order valence-corrected chi connectivity index (χ3v) is 4.90. The Kier molecular flexibility index (Phi) is 5.41. The summed E-state index contributed by atoms with van der Waals surface area (Å²) < 4.78 is 5.46. The molecule has 0 N–H and O–H groups in total. The molecule has 0 spiro atoms. The normalized spacial score (nSPS) is 23.1. The number of carbonyl (C=O) groups excluding carboxylic acids is 2. The van der Waals surface area contributed by atoms with Crippen molar-refractivity contribution in [3.05, 3.63) is 41.4 Å². The first-order chi connectivity index (χ1) is 12.1. The van der Waals surface area contributed by atoms with E-state index in [-0.39, 0.29) is 23.6 Å². The third kappa shape index (κ3) is 3.55. The molecule has 132 valence electrons. The molecule has 0 saturated heterocycles. The van der Waals surface area contributed by atoms with E-state index in [9.17, 15) is 9.59 Å². The van der Waals surface area contributed by atoms with Crippen LogP contribution in [0.1, 0.15) is 57.4 Å². The fraction of sp³-hybridized carbons (Fsp3) is 0.500. The zero-order valence-corrected chi connectivity index (χ0v) is 14.8. The van der Waals surface area contributed by atoms with Gasteiger partial charge in [-0.1, -0.05) is 19.4 Å². The van der Waals surface area contributed by atoms with Crippen LogP contribution in [0, 0.1) is 5.92 Å². The van der Waals surface area contributed by atoms with E-state index in [2.05, 4.69) is 16.9 Å². The SMILES string of the molecule is CCCCOC(=O)C1=C(C)N=C2CCCC(=O)[C@@H]2[C@H]1c1cccnc1. The molecule has 0 amide bonds. The predicted octanol–water partition coefficient (Wildman–Crippen LogP) is 3.61. The van der Waals surface area contributed by atoms with Gasteiger partial charge < -0.3 is 4.74 Å². The van der Waals surface area contributed by atoms with Crippen LogP contribution in [-0.2, 0) is 14.3 Å². The first kappa shape index (κ1) is 17.5. The maximum absolute atomic E-state index is 12.8. The Hall–Kier alpha value is -2.30. The molecular formula is C20H24N2O3. The van der Waals surface area contributed by atoms with E-state index in [1.807, 2.05) is 19.1 Å². The van der Waals surface area contributed by atoms with Gasteiger partial charge in [0.2, 0.25) is 0 Å². The number of allylic oxidation sites excluding steroid dienone is 1. The number of Topliss-reactive ketones (excluding diaryl/α,β-unsaturated/α-hetero) is 1. The second kappa shape index (κ2) is 7.72. The van der Waals surface area contributed by atoms with E-state index < -0.39 is 0 Å². The average Bonchev–Trinajstić information content (AvgIpc) is 2.61. The standard InChI is InChI=1S/C20H24N2O3/c1-3-4-11-25-20(24)17-13(2)22-15-8-5-9-16(23)19(15)18(17)14-7-6-10-21-12-14/h6-7,10,12,18-19H,3-5,8-9,11H2,1-2H3/t18-,19+/m0/s1. The van der Waals surface area contributed by atoms with Crippen molar-refractivity contribution in [1.82, 2.24) is 4.98 Å². The van der Waals surface area contributed by atoms with Gasteiger partial charge in [0.05, 0.1) is 18.1 Å². The van der Waals surface area contributed by atoms with E-state index in [4.69, 9.17) is 4.74 Å². The van der Waals surface area contributed by atoms with Gasteiger partial charge in [0.1, 0.15) is 5.78 Å². The summed E-state index contributed by atoms with van der Waals surface area (Å²) in [5.74, 6) is -0.912. The molecule has 1 aromatic rings. The molecule has 3 rings (SSSR count). The van der Waals surface area contributed by atoms with Gasteiger partial charge in [0.15, 0.2) is 0 Å². The van der Waals surface area contributed by atoms with Crippen molar-refractivity contribution >= 4 is 17.5 Å². The summed E-state index contributed by atoms with van der Waals surface area (Å²) in [7, 11) is 0. The van der Waals surface area contributed by atoms with Crippen molar-refractivity contribution in [3.8, 4) is 0 Å². The summed E-state index contributed by atoms with van der Waals surface area (Å²) in [6.07, 6.45) is 7.40. The first-order valence-electron chi connectivity index (χ1n) is 9.01. The third-order valence-electron chi connectivity index (χ3n) is 4.90. The van der Waals surface area contributed by atoms with Crippen LogP contribution < -0.4 is 0 Å². The number of fused-ring (bicyclic) bond motifs is 1. The number of pyridine rings is 1. The second-order valence-electron chi connectivity index (χ2n) is 6.65. The molecule has 1 saturated carbocycles. The molecule has 0 radical (unpaired) electrons. The molecule has 1 fully saturated rings. The van der Waals surface area contributed by atoms with Crippen molar-refractivity contribution < 1.29 is 14.3 Å². The molecule has 2 aliphatic rings. The number of carbonyl (C=O) groups is 2. The van der Waals surface area contributed by atoms with Crippen LogP contribution in [0.2, 0.25) is 0 Å². The molecule has 1 aliphatic carbocycles. The minimum atomic E-state index is -0.365. The first-order valence-corrected chi connectivity index (χ1v) is 9.01. The van der Waals surface area contributed by atoms with Crippen LogP contribution in [0.15, 0.2) is 40.8 Å². The van der Waals surface area contributed by atoms with Crippen LogP contribution in [-0.4, -0.2) is 29.1 Å². The number of aromatic nitrogens is 1. The predicted molar refractivity (Wildman–Crippen MR) is 95.3 cm³/mol. The lowest BCUT2D eigenvalue weighted by atomic mass is 9.70. The lowest BCUT2D eigenvalue weighted by molar-refractivity contribution is -0.139. The number of unbranched alkanes of at least 4 members (excludes halogenated alkanes) is 1. The maximum atomic E-state index is 12.8. The van der Waals surface area contributed by atoms with Crippen LogP contribution >= 0.6 is 0 Å². The van der Waals surface area contributed by atoms with E-state index in [0.717, 1.165) is 37.0 Å². The van der Waals surface area contributed by atoms with Gasteiger partial charge in [-0.15, -0.1) is 0 Å². The molecule has 1 aromatic heterocycles. The molecule has 2 heterocycles. The van der Waals surface area contributed by atoms with Gasteiger partial charge in [-0.2, -0.15) is 0 Å². The zero-order chi connectivity index (χ0) is 17.8. The minimum absolute atomic E-state index is 0.158. The van der Waals surface area contributed by atoms with Crippen LogP contribution in [0.5, 0.6) is 0 Å². The van der Waals surface area contributed by atoms with Gasteiger partial charge in [-0.05, 0) is 37.8 Å². The molecule has 0 unspecified atom stereocenters. The molecular weight excluding hydrogens is 316 g/mol. The Morgan fingerprint density at radius 2 is 2.16 bits per heavy atom. The lowest BCUT2D eigenvalue weighted by Crippen LogP contribution is -2.39. The number of esters is 1. The molecule has 1 aliphatic heterocycles. The quantitative estimate of drug-likeness (QED) is 0.606. The summed E-state index contributed by atoms with van der Waals surface area (Å²) in [5, 5.41) is 0. The van der Waals surface area contributed by atoms with Crippen LogP contribution in [0.25, 0.3) is 0 Å². The van der Waals surface area contributed by atoms with Gasteiger partial charge in [-0.3, -0.25) is 14.8 Å². The van der Waals surface area contributed by atoms with E-state index in [0.29, 0.717) is 24.3 Å². The Labute approximate surface area is 148 Å².